The van der Waals surface area contributed by atoms with Gasteiger partial charge in [-0.25, -0.2) is 26.4 Å². The van der Waals surface area contributed by atoms with Gasteiger partial charge in [0.1, 0.15) is 31.8 Å². The Kier molecular flexibility index (Phi) is 18.5. The minimum atomic E-state index is -2.98. The molecule has 2 aliphatic rings. The lowest BCUT2D eigenvalue weighted by atomic mass is 9.65. The van der Waals surface area contributed by atoms with Crippen molar-refractivity contribution in [1.29, 1.82) is 0 Å². The molecule has 0 heterocycles. The number of nitrogens with zero attached hydrogens (tertiary/aromatic N) is 1. The summed E-state index contributed by atoms with van der Waals surface area (Å²) in [5.41, 5.74) is 7.75. The number of nitrogens with one attached hydrogen (secondary N) is 2. The van der Waals surface area contributed by atoms with Crippen LogP contribution in [0.1, 0.15) is 88.2 Å². The molecule has 0 bridgehead atoms. The number of nitrogens with two attached hydrogens (primary N) is 1. The molecule has 0 radical (unpaired) electrons. The van der Waals surface area contributed by atoms with E-state index in [2.05, 4.69) is 10.6 Å². The predicted molar refractivity (Wildman–Crippen MR) is 234 cm³/mol. The Hall–Kier alpha value is -3.74. The summed E-state index contributed by atoms with van der Waals surface area (Å²) in [7, 11) is -3.25. The first-order valence-electron chi connectivity index (χ1n) is 19.4. The molecule has 0 spiro atoms. The maximum Gasteiger partial charge on any atom is 0.328 e. The van der Waals surface area contributed by atoms with E-state index in [1.54, 1.807) is 24.3 Å². The van der Waals surface area contributed by atoms with E-state index < -0.39 is 42.7 Å². The zero-order chi connectivity index (χ0) is 43.1. The quantitative estimate of drug-likeness (QED) is 0.0346. The largest absolute Gasteiger partial charge is 0.467 e. The zero-order valence-corrected chi connectivity index (χ0v) is 37.1. The van der Waals surface area contributed by atoms with Crippen molar-refractivity contribution in [2.45, 2.75) is 102 Å². The summed E-state index contributed by atoms with van der Waals surface area (Å²) >= 11 is 11.3. The van der Waals surface area contributed by atoms with Crippen LogP contribution in [0.2, 0.25) is 0 Å². The highest BCUT2D eigenvalue weighted by molar-refractivity contribution is 7.90. The van der Waals surface area contributed by atoms with Crippen molar-refractivity contribution in [3.63, 3.8) is 0 Å². The fraction of sp³-hybridized carbons (Fsp3) is 0.600. The third-order valence-corrected chi connectivity index (χ3v) is 14.2. The van der Waals surface area contributed by atoms with Gasteiger partial charge in [0.15, 0.2) is 0 Å². The van der Waals surface area contributed by atoms with Crippen LogP contribution in [0, 0.1) is 20.9 Å². The molecule has 58 heavy (non-hydrogen) atoms. The summed E-state index contributed by atoms with van der Waals surface area (Å²) in [6.07, 6.45) is 13.5. The van der Waals surface area contributed by atoms with Crippen molar-refractivity contribution < 1.29 is 40.8 Å². The van der Waals surface area contributed by atoms with Gasteiger partial charge in [0.05, 0.1) is 29.1 Å². The number of anilines is 1. The van der Waals surface area contributed by atoms with Crippen LogP contribution in [0.4, 0.5) is 11.4 Å². The van der Waals surface area contributed by atoms with Crippen molar-refractivity contribution in [2.75, 3.05) is 44.0 Å². The topological polar surface area (TPSA) is 214 Å². The first-order valence-corrected chi connectivity index (χ1v) is 24.4. The van der Waals surface area contributed by atoms with Crippen LogP contribution in [-0.2, 0) is 51.6 Å². The average molecular weight is 883 g/mol. The van der Waals surface area contributed by atoms with E-state index >= 15 is 0 Å². The first-order chi connectivity index (χ1) is 27.2. The highest BCUT2D eigenvalue weighted by Crippen LogP contribution is 2.47. The molecule has 0 unspecified atom stereocenters. The number of rotatable bonds is 21. The molecule has 0 amide bonds. The number of hydrogen-bond acceptors (Lipinski definition) is 13. The number of nitro groups is 1. The summed E-state index contributed by atoms with van der Waals surface area (Å²) in [5.74, 6) is -0.452. The van der Waals surface area contributed by atoms with Gasteiger partial charge in [-0.2, -0.15) is 0 Å². The number of nitrogen functional groups attached to an aromatic ring is 1. The van der Waals surface area contributed by atoms with Crippen LogP contribution >= 0.6 is 24.4 Å². The number of nitro benzene ring substituents is 1. The molecule has 2 saturated carbocycles. The molecule has 2 aliphatic carbocycles. The normalized spacial score (nSPS) is 16.4. The van der Waals surface area contributed by atoms with E-state index in [4.69, 9.17) is 39.6 Å². The fourth-order valence-electron chi connectivity index (χ4n) is 7.22. The Labute approximate surface area is 353 Å². The molecule has 0 aromatic heterocycles. The average Bonchev–Trinajstić information content (AvgIpc) is 3.12. The van der Waals surface area contributed by atoms with Gasteiger partial charge < -0.3 is 25.8 Å². The van der Waals surface area contributed by atoms with Crippen LogP contribution in [0.3, 0.4) is 0 Å². The number of benzene rings is 2. The van der Waals surface area contributed by atoms with Crippen LogP contribution in [-0.4, -0.2) is 94.0 Å². The van der Waals surface area contributed by atoms with E-state index in [-0.39, 0.29) is 40.4 Å². The van der Waals surface area contributed by atoms with Gasteiger partial charge in [0.25, 0.3) is 5.69 Å². The van der Waals surface area contributed by atoms with Gasteiger partial charge in [0.2, 0.25) is 0 Å². The van der Waals surface area contributed by atoms with Crippen molar-refractivity contribution in [2.24, 2.45) is 10.8 Å². The molecular formula is C40H58N4O10S4. The van der Waals surface area contributed by atoms with Gasteiger partial charge in [-0.1, -0.05) is 74.4 Å². The molecule has 2 atom stereocenters. The van der Waals surface area contributed by atoms with Crippen molar-refractivity contribution in [1.82, 2.24) is 10.6 Å². The van der Waals surface area contributed by atoms with Crippen LogP contribution in [0.25, 0.3) is 0 Å². The summed E-state index contributed by atoms with van der Waals surface area (Å²) in [4.78, 5) is 36.2. The summed E-state index contributed by atoms with van der Waals surface area (Å²) in [5, 5.41) is 17.2. The van der Waals surface area contributed by atoms with Crippen LogP contribution in [0.15, 0.2) is 48.5 Å². The Bertz CT molecular complexity index is 1950. The highest BCUT2D eigenvalue weighted by atomic mass is 32.2. The number of carbonyl (C=O) groups excluding carboxylic acids is 2. The third kappa shape index (κ3) is 15.5. The van der Waals surface area contributed by atoms with Crippen molar-refractivity contribution >= 4 is 77.4 Å². The second-order valence-electron chi connectivity index (χ2n) is 15.6. The summed E-state index contributed by atoms with van der Waals surface area (Å²) < 4.78 is 55.2. The molecule has 0 saturated heterocycles. The number of carbonyl (C=O) groups is 2. The number of methoxy groups -OCH3 is 2. The van der Waals surface area contributed by atoms with Gasteiger partial charge in [-0.05, 0) is 74.6 Å². The smallest absolute Gasteiger partial charge is 0.328 e. The zero-order valence-electron chi connectivity index (χ0n) is 33.8. The van der Waals surface area contributed by atoms with Gasteiger partial charge in [0, 0.05) is 65.5 Å². The second-order valence-corrected chi connectivity index (χ2v) is 20.9. The van der Waals surface area contributed by atoms with Crippen molar-refractivity contribution in [3.8, 4) is 0 Å². The number of ether oxygens (including phenoxy) is 2. The number of esters is 2. The molecule has 2 aromatic carbocycles. The van der Waals surface area contributed by atoms with E-state index in [9.17, 15) is 36.5 Å². The fourth-order valence-corrected chi connectivity index (χ4v) is 9.57. The van der Waals surface area contributed by atoms with Crippen LogP contribution in [0.5, 0.6) is 0 Å². The Morgan fingerprint density at radius 2 is 1.09 bits per heavy atom. The predicted octanol–water partition coefficient (Wildman–Crippen LogP) is 5.64. The minimum Gasteiger partial charge on any atom is -0.467 e. The van der Waals surface area contributed by atoms with Crippen molar-refractivity contribution in [3.05, 3.63) is 69.8 Å². The second kappa shape index (κ2) is 22.0. The third-order valence-electron chi connectivity index (χ3n) is 11.0. The molecule has 2 fully saturated rings. The van der Waals surface area contributed by atoms with Gasteiger partial charge in [-0.3, -0.25) is 10.1 Å². The lowest BCUT2D eigenvalue weighted by Crippen LogP contribution is -2.51. The number of non-ortho nitro benzene ring substituents is 1. The molecule has 322 valence electrons. The first kappa shape index (κ1) is 48.6. The number of unbranched alkanes of at least 4 members (excludes halogenated alkanes) is 2. The Morgan fingerprint density at radius 3 is 1.38 bits per heavy atom. The standard InChI is InChI=1S/C20H28N2O6S2.C20H30N2O4S2/c1-28-18(23)17(14-15-6-8-16(9-7-15)22(24)25)21-19(29)20(11-5-12-20)10-3-4-13-30(2,26)27;1-26-18(23)17(14-15-6-8-16(21)9-7-15)22-19(27)20(11-5-12-20)10-3-4-13-28(2,24)25/h6-9,17H,3-5,10-14H2,1-2H3,(H,21,29);6-9,17H,3-5,10-14,21H2,1-2H3,(H,22,27)/t2*17-/m00/s1. The Morgan fingerprint density at radius 1 is 0.724 bits per heavy atom. The molecule has 18 heteroatoms. The molecule has 0 aliphatic heterocycles. The van der Waals surface area contributed by atoms with Gasteiger partial charge >= 0.3 is 11.9 Å². The molecule has 14 nitrogen and oxygen atoms in total. The molecule has 4 N–H and O–H groups in total. The summed E-state index contributed by atoms with van der Waals surface area (Å²) in [6.45, 7) is 0. The maximum atomic E-state index is 12.3. The highest BCUT2D eigenvalue weighted by Gasteiger charge is 2.43. The summed E-state index contributed by atoms with van der Waals surface area (Å²) in [6, 6.07) is 12.2. The van der Waals surface area contributed by atoms with E-state index in [1.165, 1.54) is 38.9 Å². The number of thiocarbonyl (C=S) groups is 2. The molecular weight excluding hydrogens is 825 g/mol. The van der Waals surface area contributed by atoms with E-state index in [1.807, 2.05) is 12.1 Å². The monoisotopic (exact) mass is 882 g/mol. The lowest BCUT2D eigenvalue weighted by Gasteiger charge is -2.43. The molecule has 4 rings (SSSR count). The van der Waals surface area contributed by atoms with Gasteiger partial charge in [-0.15, -0.1) is 0 Å². The lowest BCUT2D eigenvalue weighted by molar-refractivity contribution is -0.384. The van der Waals surface area contributed by atoms with E-state index in [0.29, 0.717) is 34.9 Å². The number of hydrogen-bond donors (Lipinski definition) is 3. The Balaban J connectivity index is 0.000000311. The maximum absolute atomic E-state index is 12.3. The van der Waals surface area contributed by atoms with E-state index in [0.717, 1.165) is 75.3 Å². The SMILES string of the molecule is COC(=O)[C@H](Cc1ccc(N)cc1)NC(=S)C1(CCCCS(C)(=O)=O)CCC1.COC(=O)[C@H](Cc1ccc([N+](=O)[O-])cc1)NC(=S)C1(CCCCS(C)(=O)=O)CCC1. The number of sulfone groups is 2. The molecule has 2 aromatic rings. The van der Waals surface area contributed by atoms with Crippen LogP contribution < -0.4 is 16.4 Å². The minimum absolute atomic E-state index is 0.0145.